The molecule has 1 fully saturated rings. The number of nitrogens with two attached hydrogens (primary N) is 1. The Balaban J connectivity index is 2.21. The van der Waals surface area contributed by atoms with E-state index in [1.807, 2.05) is 24.3 Å². The molecule has 1 aromatic carbocycles. The van der Waals surface area contributed by atoms with Gasteiger partial charge in [0.05, 0.1) is 0 Å². The van der Waals surface area contributed by atoms with Gasteiger partial charge >= 0.3 is 0 Å². The Bertz CT molecular complexity index is 318. The standard InChI is InChI=1S/C12H16FN/c13-12(6-2-7-12)11-4-1-3-10(9-11)5-8-14/h1,3-4,9H,2,5-8,14H2. The molecule has 0 bridgehead atoms. The van der Waals surface area contributed by atoms with Gasteiger partial charge in [-0.15, -0.1) is 0 Å². The van der Waals surface area contributed by atoms with E-state index < -0.39 is 5.67 Å². The average molecular weight is 193 g/mol. The van der Waals surface area contributed by atoms with Gasteiger partial charge in [-0.25, -0.2) is 4.39 Å². The van der Waals surface area contributed by atoms with Crippen molar-refractivity contribution in [3.63, 3.8) is 0 Å². The van der Waals surface area contributed by atoms with E-state index in [1.54, 1.807) is 0 Å². The number of benzene rings is 1. The summed E-state index contributed by atoms with van der Waals surface area (Å²) in [6.45, 7) is 0.628. The first-order valence-electron chi connectivity index (χ1n) is 5.23. The minimum atomic E-state index is -1.04. The van der Waals surface area contributed by atoms with E-state index in [9.17, 15) is 4.39 Å². The molecule has 0 heterocycles. The van der Waals surface area contributed by atoms with E-state index in [-0.39, 0.29) is 0 Å². The molecule has 0 spiro atoms. The highest BCUT2D eigenvalue weighted by molar-refractivity contribution is 5.30. The molecule has 0 saturated heterocycles. The van der Waals surface area contributed by atoms with Crippen LogP contribution in [0.15, 0.2) is 24.3 Å². The Morgan fingerprint density at radius 3 is 2.71 bits per heavy atom. The van der Waals surface area contributed by atoms with Crippen molar-refractivity contribution in [1.29, 1.82) is 0 Å². The molecule has 1 aliphatic rings. The molecule has 0 amide bonds. The van der Waals surface area contributed by atoms with E-state index in [0.717, 1.165) is 24.0 Å². The highest BCUT2D eigenvalue weighted by atomic mass is 19.1. The average Bonchev–Trinajstić information content (AvgIpc) is 2.15. The van der Waals surface area contributed by atoms with Gasteiger partial charge in [0.2, 0.25) is 0 Å². The first kappa shape index (κ1) is 9.66. The lowest BCUT2D eigenvalue weighted by molar-refractivity contribution is 0.0608. The van der Waals surface area contributed by atoms with Crippen molar-refractivity contribution in [2.75, 3.05) is 6.54 Å². The van der Waals surface area contributed by atoms with Crippen molar-refractivity contribution < 1.29 is 4.39 Å². The first-order chi connectivity index (χ1) is 6.74. The second-order valence-corrected chi connectivity index (χ2v) is 4.06. The summed E-state index contributed by atoms with van der Waals surface area (Å²) in [4.78, 5) is 0. The topological polar surface area (TPSA) is 26.0 Å². The third-order valence-electron chi connectivity index (χ3n) is 3.02. The van der Waals surface area contributed by atoms with Crippen molar-refractivity contribution in [1.82, 2.24) is 0 Å². The van der Waals surface area contributed by atoms with Crippen molar-refractivity contribution in [3.8, 4) is 0 Å². The van der Waals surface area contributed by atoms with E-state index in [0.29, 0.717) is 19.4 Å². The van der Waals surface area contributed by atoms with Crippen molar-refractivity contribution in [3.05, 3.63) is 35.4 Å². The maximum atomic E-state index is 14.0. The van der Waals surface area contributed by atoms with Gasteiger partial charge in [-0.05, 0) is 43.4 Å². The lowest BCUT2D eigenvalue weighted by atomic mass is 9.76. The van der Waals surface area contributed by atoms with Crippen LogP contribution < -0.4 is 5.73 Å². The van der Waals surface area contributed by atoms with E-state index in [1.165, 1.54) is 0 Å². The molecule has 2 heteroatoms. The third-order valence-corrected chi connectivity index (χ3v) is 3.02. The van der Waals surface area contributed by atoms with Gasteiger partial charge < -0.3 is 5.73 Å². The lowest BCUT2D eigenvalue weighted by Crippen LogP contribution is -2.28. The Hall–Kier alpha value is -0.890. The van der Waals surface area contributed by atoms with Crippen LogP contribution in [0.3, 0.4) is 0 Å². The van der Waals surface area contributed by atoms with E-state index in [2.05, 4.69) is 0 Å². The molecule has 0 radical (unpaired) electrons. The largest absolute Gasteiger partial charge is 0.330 e. The minimum absolute atomic E-state index is 0.628. The zero-order chi connectivity index (χ0) is 10.0. The van der Waals surface area contributed by atoms with Gasteiger partial charge in [0.15, 0.2) is 0 Å². The van der Waals surface area contributed by atoms with Gasteiger partial charge in [0, 0.05) is 0 Å². The monoisotopic (exact) mass is 193 g/mol. The molecule has 1 saturated carbocycles. The van der Waals surface area contributed by atoms with Crippen molar-refractivity contribution in [2.45, 2.75) is 31.4 Å². The number of hydrogen-bond acceptors (Lipinski definition) is 1. The summed E-state index contributed by atoms with van der Waals surface area (Å²) in [5, 5.41) is 0. The highest BCUT2D eigenvalue weighted by Crippen LogP contribution is 2.44. The van der Waals surface area contributed by atoms with Crippen LogP contribution in [0.25, 0.3) is 0 Å². The van der Waals surface area contributed by atoms with Crippen molar-refractivity contribution >= 4 is 0 Å². The van der Waals surface area contributed by atoms with Gasteiger partial charge in [0.1, 0.15) is 5.67 Å². The predicted octanol–water partition coefficient (Wildman–Crippen LogP) is 2.54. The zero-order valence-corrected chi connectivity index (χ0v) is 8.30. The Kier molecular flexibility index (Phi) is 2.55. The van der Waals surface area contributed by atoms with Crippen LogP contribution >= 0.6 is 0 Å². The van der Waals surface area contributed by atoms with E-state index >= 15 is 0 Å². The molecular formula is C12H16FN. The van der Waals surface area contributed by atoms with Crippen LogP contribution in [0, 0.1) is 0 Å². The molecule has 0 unspecified atom stereocenters. The van der Waals surface area contributed by atoms with Crippen LogP contribution in [0.1, 0.15) is 30.4 Å². The Labute approximate surface area is 84.1 Å². The summed E-state index contributed by atoms with van der Waals surface area (Å²) in [6, 6.07) is 7.80. The highest BCUT2D eigenvalue weighted by Gasteiger charge is 2.38. The van der Waals surface area contributed by atoms with Crippen LogP contribution in [-0.2, 0) is 12.1 Å². The second kappa shape index (κ2) is 3.70. The molecule has 76 valence electrons. The Morgan fingerprint density at radius 2 is 2.14 bits per heavy atom. The summed E-state index contributed by atoms with van der Waals surface area (Å²) < 4.78 is 14.0. The molecule has 0 aliphatic heterocycles. The SMILES string of the molecule is NCCc1cccc(C2(F)CCC2)c1. The molecular weight excluding hydrogens is 177 g/mol. The number of rotatable bonds is 3. The van der Waals surface area contributed by atoms with Crippen molar-refractivity contribution in [2.24, 2.45) is 5.73 Å². The molecule has 0 atom stereocenters. The van der Waals surface area contributed by atoms with Crippen LogP contribution in [0.2, 0.25) is 0 Å². The fourth-order valence-corrected chi connectivity index (χ4v) is 1.95. The summed E-state index contributed by atoms with van der Waals surface area (Å²) in [7, 11) is 0. The molecule has 2 N–H and O–H groups in total. The second-order valence-electron chi connectivity index (χ2n) is 4.06. The Morgan fingerprint density at radius 1 is 1.36 bits per heavy atom. The first-order valence-corrected chi connectivity index (χ1v) is 5.23. The number of halogens is 1. The van der Waals surface area contributed by atoms with Crippen LogP contribution in [0.4, 0.5) is 4.39 Å². The molecule has 1 nitrogen and oxygen atoms in total. The maximum absolute atomic E-state index is 14.0. The summed E-state index contributed by atoms with van der Waals surface area (Å²) in [5.41, 5.74) is 6.42. The zero-order valence-electron chi connectivity index (χ0n) is 8.30. The summed E-state index contributed by atoms with van der Waals surface area (Å²) >= 11 is 0. The quantitative estimate of drug-likeness (QED) is 0.784. The van der Waals surface area contributed by atoms with Gasteiger partial charge in [-0.3, -0.25) is 0 Å². The van der Waals surface area contributed by atoms with Gasteiger partial charge in [0.25, 0.3) is 0 Å². The normalized spacial score (nSPS) is 19.0. The van der Waals surface area contributed by atoms with Gasteiger partial charge in [-0.1, -0.05) is 24.3 Å². The van der Waals surface area contributed by atoms with Crippen LogP contribution in [0.5, 0.6) is 0 Å². The van der Waals surface area contributed by atoms with E-state index in [4.69, 9.17) is 5.73 Å². The number of alkyl halides is 1. The number of hydrogen-bond donors (Lipinski definition) is 1. The summed E-state index contributed by atoms with van der Waals surface area (Å²) in [5.74, 6) is 0. The lowest BCUT2D eigenvalue weighted by Gasteiger charge is -2.34. The molecule has 0 aromatic heterocycles. The van der Waals surface area contributed by atoms with Gasteiger partial charge in [-0.2, -0.15) is 0 Å². The third kappa shape index (κ3) is 1.67. The molecule has 1 aromatic rings. The minimum Gasteiger partial charge on any atom is -0.330 e. The fraction of sp³-hybridized carbons (Fsp3) is 0.500. The molecule has 2 rings (SSSR count). The fourth-order valence-electron chi connectivity index (χ4n) is 1.95. The summed E-state index contributed by atoms with van der Waals surface area (Å²) in [6.07, 6.45) is 3.21. The van der Waals surface area contributed by atoms with Crippen LogP contribution in [-0.4, -0.2) is 6.54 Å². The molecule has 1 aliphatic carbocycles. The predicted molar refractivity (Wildman–Crippen MR) is 55.8 cm³/mol. The smallest absolute Gasteiger partial charge is 0.136 e. The maximum Gasteiger partial charge on any atom is 0.136 e. The molecule has 14 heavy (non-hydrogen) atoms.